The smallest absolute Gasteiger partial charge is 0.244 e. The van der Waals surface area contributed by atoms with Gasteiger partial charge in [0.25, 0.3) is 0 Å². The van der Waals surface area contributed by atoms with E-state index in [4.69, 9.17) is 0 Å². The monoisotopic (exact) mass is 567 g/mol. The summed E-state index contributed by atoms with van der Waals surface area (Å²) in [6.45, 7) is 5.78. The number of hydrogen-bond donors (Lipinski definition) is 1. The average molecular weight is 568 g/mol. The van der Waals surface area contributed by atoms with Crippen LogP contribution in [0.1, 0.15) is 49.8 Å². The van der Waals surface area contributed by atoms with E-state index in [0.717, 1.165) is 21.7 Å². The molecule has 1 unspecified atom stereocenters. The van der Waals surface area contributed by atoms with Crippen LogP contribution >= 0.6 is 0 Å². The Kier molecular flexibility index (Phi) is 10.8. The van der Waals surface area contributed by atoms with E-state index in [0.29, 0.717) is 24.2 Å². The maximum Gasteiger partial charge on any atom is 0.244 e. The number of halogens is 1. The number of anilines is 1. The summed E-state index contributed by atoms with van der Waals surface area (Å²) in [7, 11) is -3.86. The molecule has 7 nitrogen and oxygen atoms in total. The normalized spacial score (nSPS) is 12.2. The van der Waals surface area contributed by atoms with Crippen LogP contribution in [0.5, 0.6) is 0 Å². The molecule has 0 aromatic heterocycles. The van der Waals surface area contributed by atoms with Gasteiger partial charge in [-0.15, -0.1) is 0 Å². The Morgan fingerprint density at radius 2 is 1.52 bits per heavy atom. The minimum Gasteiger partial charge on any atom is -0.354 e. The highest BCUT2D eigenvalue weighted by Crippen LogP contribution is 2.29. The van der Waals surface area contributed by atoms with Gasteiger partial charge in [0.05, 0.1) is 11.9 Å². The van der Waals surface area contributed by atoms with Crippen molar-refractivity contribution in [1.82, 2.24) is 10.2 Å². The molecule has 0 aliphatic heterocycles. The van der Waals surface area contributed by atoms with Gasteiger partial charge in [0.2, 0.25) is 21.8 Å². The lowest BCUT2D eigenvalue weighted by Crippen LogP contribution is -2.53. The molecule has 0 bridgehead atoms. The van der Waals surface area contributed by atoms with Crippen molar-refractivity contribution in [3.8, 4) is 0 Å². The first-order chi connectivity index (χ1) is 19.0. The minimum atomic E-state index is -3.86. The molecular weight excluding hydrogens is 529 g/mol. The van der Waals surface area contributed by atoms with Gasteiger partial charge in [-0.3, -0.25) is 13.9 Å². The third kappa shape index (κ3) is 8.39. The van der Waals surface area contributed by atoms with Gasteiger partial charge in [-0.05, 0) is 47.2 Å². The van der Waals surface area contributed by atoms with Crippen LogP contribution in [0.25, 0.3) is 0 Å². The summed E-state index contributed by atoms with van der Waals surface area (Å²) >= 11 is 0. The van der Waals surface area contributed by atoms with E-state index in [2.05, 4.69) is 5.32 Å². The van der Waals surface area contributed by atoms with Crippen molar-refractivity contribution < 1.29 is 22.4 Å². The van der Waals surface area contributed by atoms with Gasteiger partial charge in [-0.25, -0.2) is 12.8 Å². The van der Waals surface area contributed by atoms with Crippen molar-refractivity contribution in [2.24, 2.45) is 0 Å². The molecular formula is C31H38FN3O4S. The van der Waals surface area contributed by atoms with E-state index >= 15 is 0 Å². The predicted octanol–water partition coefficient (Wildman–Crippen LogP) is 4.88. The predicted molar refractivity (Wildman–Crippen MR) is 157 cm³/mol. The fraction of sp³-hybridized carbons (Fsp3) is 0.355. The number of benzene rings is 3. The molecule has 9 heteroatoms. The first-order valence-corrected chi connectivity index (χ1v) is 15.3. The summed E-state index contributed by atoms with van der Waals surface area (Å²) in [6.07, 6.45) is 2.01. The lowest BCUT2D eigenvalue weighted by Gasteiger charge is -2.34. The molecule has 3 aromatic carbocycles. The standard InChI is InChI=1S/C31H38FN3O4S/c1-5-19-33-31(37)29(20-24-11-7-6-8-12-24)34(21-25-15-17-26(32)18-16-25)30(36)22-35(40(4,38)39)28-14-10-9-13-27(28)23(2)3/h6-18,23,29H,5,19-22H2,1-4H3,(H,33,37). The minimum absolute atomic E-state index is 0.000409. The van der Waals surface area contributed by atoms with Crippen molar-refractivity contribution in [3.63, 3.8) is 0 Å². The SMILES string of the molecule is CCCNC(=O)C(Cc1ccccc1)N(Cc1ccc(F)cc1)C(=O)CN(c1ccccc1C(C)C)S(C)(=O)=O. The fourth-order valence-corrected chi connectivity index (χ4v) is 5.37. The number of sulfonamides is 1. The van der Waals surface area contributed by atoms with Crippen LogP contribution in [0.4, 0.5) is 10.1 Å². The van der Waals surface area contributed by atoms with Gasteiger partial charge in [-0.1, -0.05) is 81.4 Å². The molecule has 0 radical (unpaired) electrons. The van der Waals surface area contributed by atoms with Crippen LogP contribution in [-0.2, 0) is 32.6 Å². The highest BCUT2D eigenvalue weighted by molar-refractivity contribution is 7.92. The summed E-state index contributed by atoms with van der Waals surface area (Å²) in [6, 6.07) is 21.2. The third-order valence-corrected chi connectivity index (χ3v) is 7.72. The van der Waals surface area contributed by atoms with Gasteiger partial charge < -0.3 is 10.2 Å². The molecule has 0 saturated heterocycles. The van der Waals surface area contributed by atoms with Gasteiger partial charge in [-0.2, -0.15) is 0 Å². The van der Waals surface area contributed by atoms with Crippen LogP contribution in [0.15, 0.2) is 78.9 Å². The van der Waals surface area contributed by atoms with Crippen LogP contribution < -0.4 is 9.62 Å². The second-order valence-electron chi connectivity index (χ2n) is 10.1. The first kappa shape index (κ1) is 30.8. The maximum atomic E-state index is 14.1. The Labute approximate surface area is 237 Å². The molecule has 1 N–H and O–H groups in total. The van der Waals surface area contributed by atoms with Crippen molar-refractivity contribution in [3.05, 3.63) is 101 Å². The topological polar surface area (TPSA) is 86.8 Å². The van der Waals surface area contributed by atoms with E-state index in [-0.39, 0.29) is 24.8 Å². The molecule has 0 heterocycles. The largest absolute Gasteiger partial charge is 0.354 e. The number of carbonyl (C=O) groups is 2. The zero-order valence-electron chi connectivity index (χ0n) is 23.5. The fourth-order valence-electron chi connectivity index (χ4n) is 4.50. The van der Waals surface area contributed by atoms with Crippen molar-refractivity contribution in [2.75, 3.05) is 23.7 Å². The number of rotatable bonds is 13. The van der Waals surface area contributed by atoms with Gasteiger partial charge >= 0.3 is 0 Å². The summed E-state index contributed by atoms with van der Waals surface area (Å²) in [5.41, 5.74) is 2.67. The first-order valence-electron chi connectivity index (χ1n) is 13.4. The molecule has 2 amide bonds. The molecule has 3 rings (SSSR count). The lowest BCUT2D eigenvalue weighted by atomic mass is 10.0. The Hall–Kier alpha value is -3.72. The molecule has 214 valence electrons. The third-order valence-electron chi connectivity index (χ3n) is 6.59. The Morgan fingerprint density at radius 1 is 0.900 bits per heavy atom. The number of nitrogens with zero attached hydrogens (tertiary/aromatic N) is 2. The van der Waals surface area contributed by atoms with Crippen LogP contribution in [0.2, 0.25) is 0 Å². The molecule has 0 spiro atoms. The zero-order chi connectivity index (χ0) is 29.3. The van der Waals surface area contributed by atoms with E-state index in [1.54, 1.807) is 24.3 Å². The lowest BCUT2D eigenvalue weighted by molar-refractivity contribution is -0.140. The summed E-state index contributed by atoms with van der Waals surface area (Å²) in [4.78, 5) is 29.0. The van der Waals surface area contributed by atoms with E-state index in [1.165, 1.54) is 17.0 Å². The number of amides is 2. The number of carbonyl (C=O) groups excluding carboxylic acids is 2. The van der Waals surface area contributed by atoms with E-state index in [9.17, 15) is 22.4 Å². The Morgan fingerprint density at radius 3 is 2.12 bits per heavy atom. The Bertz CT molecular complexity index is 1380. The van der Waals surface area contributed by atoms with Crippen molar-refractivity contribution in [1.29, 1.82) is 0 Å². The molecule has 40 heavy (non-hydrogen) atoms. The molecule has 0 aliphatic carbocycles. The molecule has 0 aliphatic rings. The highest BCUT2D eigenvalue weighted by atomic mass is 32.2. The van der Waals surface area contributed by atoms with Gasteiger partial charge in [0, 0.05) is 19.5 Å². The van der Waals surface area contributed by atoms with E-state index in [1.807, 2.05) is 63.2 Å². The van der Waals surface area contributed by atoms with Gasteiger partial charge in [0.1, 0.15) is 18.4 Å². The second-order valence-corrected chi connectivity index (χ2v) is 12.0. The number of nitrogens with one attached hydrogen (secondary N) is 1. The highest BCUT2D eigenvalue weighted by Gasteiger charge is 2.33. The van der Waals surface area contributed by atoms with Crippen LogP contribution in [0, 0.1) is 5.82 Å². The molecule has 0 saturated carbocycles. The molecule has 3 aromatic rings. The number of para-hydroxylation sites is 1. The van der Waals surface area contributed by atoms with Crippen LogP contribution in [-0.4, -0.2) is 50.5 Å². The van der Waals surface area contributed by atoms with E-state index < -0.39 is 34.3 Å². The van der Waals surface area contributed by atoms with Crippen molar-refractivity contribution >= 4 is 27.5 Å². The zero-order valence-corrected chi connectivity index (χ0v) is 24.3. The van der Waals surface area contributed by atoms with Crippen LogP contribution in [0.3, 0.4) is 0 Å². The summed E-state index contributed by atoms with van der Waals surface area (Å²) < 4.78 is 40.8. The quantitative estimate of drug-likeness (QED) is 0.319. The van der Waals surface area contributed by atoms with Gasteiger partial charge in [0.15, 0.2) is 0 Å². The van der Waals surface area contributed by atoms with Crippen molar-refractivity contribution in [2.45, 2.75) is 52.1 Å². The second kappa shape index (κ2) is 14.1. The molecule has 1 atom stereocenters. The summed E-state index contributed by atoms with van der Waals surface area (Å²) in [5, 5.41) is 2.90. The number of hydrogen-bond acceptors (Lipinski definition) is 4. The maximum absolute atomic E-state index is 14.1. The Balaban J connectivity index is 2.07. The molecule has 0 fully saturated rings. The average Bonchev–Trinajstić information content (AvgIpc) is 2.93. The summed E-state index contributed by atoms with van der Waals surface area (Å²) in [5.74, 6) is -1.29.